The molecule has 1 rings (SSSR count). The average molecular weight is 239 g/mol. The standard InChI is InChI=1S/C11H17N3O3/c1-4-11(3,10(12)14-16)13-9(15)8-7(2)5-6-17-8/h5-6,16H,4H2,1-3H3,(H2,12,14)(H,13,15). The van der Waals surface area contributed by atoms with Crippen LogP contribution in [0.4, 0.5) is 0 Å². The van der Waals surface area contributed by atoms with Gasteiger partial charge in [-0.25, -0.2) is 0 Å². The predicted molar refractivity (Wildman–Crippen MR) is 63.0 cm³/mol. The van der Waals surface area contributed by atoms with E-state index in [0.717, 1.165) is 5.56 Å². The van der Waals surface area contributed by atoms with Gasteiger partial charge in [0, 0.05) is 5.56 Å². The van der Waals surface area contributed by atoms with E-state index < -0.39 is 5.54 Å². The zero-order chi connectivity index (χ0) is 13.1. The number of hydrogen-bond donors (Lipinski definition) is 3. The van der Waals surface area contributed by atoms with Crippen molar-refractivity contribution in [2.45, 2.75) is 32.7 Å². The molecule has 6 heteroatoms. The van der Waals surface area contributed by atoms with Crippen molar-refractivity contribution in [1.82, 2.24) is 5.32 Å². The summed E-state index contributed by atoms with van der Waals surface area (Å²) in [6.07, 6.45) is 1.94. The van der Waals surface area contributed by atoms with Gasteiger partial charge in [-0.3, -0.25) is 4.79 Å². The summed E-state index contributed by atoms with van der Waals surface area (Å²) >= 11 is 0. The van der Waals surface area contributed by atoms with E-state index in [2.05, 4.69) is 10.5 Å². The van der Waals surface area contributed by atoms with Crippen LogP contribution in [0.2, 0.25) is 0 Å². The molecule has 1 heterocycles. The van der Waals surface area contributed by atoms with Gasteiger partial charge in [0.25, 0.3) is 5.91 Å². The number of nitrogens with two attached hydrogens (primary N) is 1. The molecule has 0 bridgehead atoms. The Kier molecular flexibility index (Phi) is 3.77. The van der Waals surface area contributed by atoms with Crippen LogP contribution in [-0.2, 0) is 0 Å². The van der Waals surface area contributed by atoms with Crippen LogP contribution in [-0.4, -0.2) is 22.5 Å². The Hall–Kier alpha value is -1.98. The number of amides is 1. The van der Waals surface area contributed by atoms with E-state index >= 15 is 0 Å². The third-order valence-corrected chi connectivity index (χ3v) is 2.84. The lowest BCUT2D eigenvalue weighted by Gasteiger charge is -2.27. The highest BCUT2D eigenvalue weighted by Gasteiger charge is 2.31. The second-order valence-corrected chi connectivity index (χ2v) is 4.06. The number of aryl methyl sites for hydroxylation is 1. The molecule has 6 nitrogen and oxygen atoms in total. The fourth-order valence-electron chi connectivity index (χ4n) is 1.36. The highest BCUT2D eigenvalue weighted by atomic mass is 16.4. The van der Waals surface area contributed by atoms with Crippen molar-refractivity contribution in [1.29, 1.82) is 0 Å². The first-order valence-electron chi connectivity index (χ1n) is 5.29. The fraction of sp³-hybridized carbons (Fsp3) is 0.455. The monoisotopic (exact) mass is 239 g/mol. The minimum Gasteiger partial charge on any atom is -0.459 e. The Balaban J connectivity index is 2.91. The minimum absolute atomic E-state index is 0.0439. The largest absolute Gasteiger partial charge is 0.459 e. The summed E-state index contributed by atoms with van der Waals surface area (Å²) in [4.78, 5) is 11.9. The molecule has 0 aromatic carbocycles. The van der Waals surface area contributed by atoms with Gasteiger partial charge in [-0.1, -0.05) is 12.1 Å². The number of nitrogens with one attached hydrogen (secondary N) is 1. The van der Waals surface area contributed by atoms with Crippen molar-refractivity contribution in [3.63, 3.8) is 0 Å². The Morgan fingerprint density at radius 2 is 2.35 bits per heavy atom. The number of hydrogen-bond acceptors (Lipinski definition) is 4. The van der Waals surface area contributed by atoms with Gasteiger partial charge in [0.05, 0.1) is 11.8 Å². The summed E-state index contributed by atoms with van der Waals surface area (Å²) < 4.78 is 5.07. The van der Waals surface area contributed by atoms with Crippen LogP contribution in [0.15, 0.2) is 21.9 Å². The van der Waals surface area contributed by atoms with E-state index in [-0.39, 0.29) is 17.5 Å². The number of carbonyl (C=O) groups is 1. The molecule has 17 heavy (non-hydrogen) atoms. The summed E-state index contributed by atoms with van der Waals surface area (Å²) in [7, 11) is 0. The van der Waals surface area contributed by atoms with Crippen molar-refractivity contribution in [3.8, 4) is 0 Å². The lowest BCUT2D eigenvalue weighted by molar-refractivity contribution is 0.0895. The molecule has 1 amide bonds. The number of oxime groups is 1. The number of amidine groups is 1. The minimum atomic E-state index is -0.898. The number of carbonyl (C=O) groups excluding carboxylic acids is 1. The maximum atomic E-state index is 11.9. The van der Waals surface area contributed by atoms with Crippen molar-refractivity contribution < 1.29 is 14.4 Å². The first kappa shape index (κ1) is 13.1. The molecule has 1 atom stereocenters. The molecule has 4 N–H and O–H groups in total. The molecule has 0 aliphatic carbocycles. The Morgan fingerprint density at radius 3 is 2.76 bits per heavy atom. The molecule has 1 aromatic rings. The molecule has 0 saturated heterocycles. The zero-order valence-electron chi connectivity index (χ0n) is 10.2. The van der Waals surface area contributed by atoms with E-state index in [1.165, 1.54) is 6.26 Å². The van der Waals surface area contributed by atoms with Gasteiger partial charge in [-0.2, -0.15) is 0 Å². The maximum absolute atomic E-state index is 11.9. The summed E-state index contributed by atoms with van der Waals surface area (Å²) in [5.74, 6) is -0.198. The molecule has 1 aromatic heterocycles. The lowest BCUT2D eigenvalue weighted by atomic mass is 9.97. The van der Waals surface area contributed by atoms with Gasteiger partial charge >= 0.3 is 0 Å². The van der Waals surface area contributed by atoms with Gasteiger partial charge in [0.15, 0.2) is 11.6 Å². The van der Waals surface area contributed by atoms with Crippen molar-refractivity contribution in [3.05, 3.63) is 23.7 Å². The summed E-state index contributed by atoms with van der Waals surface area (Å²) in [6.45, 7) is 5.27. The highest BCUT2D eigenvalue weighted by Crippen LogP contribution is 2.14. The third-order valence-electron chi connectivity index (χ3n) is 2.84. The number of rotatable bonds is 4. The molecule has 0 fully saturated rings. The number of nitrogens with zero attached hydrogens (tertiary/aromatic N) is 1. The Morgan fingerprint density at radius 1 is 1.71 bits per heavy atom. The maximum Gasteiger partial charge on any atom is 0.288 e. The second kappa shape index (κ2) is 4.90. The van der Waals surface area contributed by atoms with E-state index in [0.29, 0.717) is 6.42 Å². The molecule has 0 aliphatic heterocycles. The number of furan rings is 1. The van der Waals surface area contributed by atoms with Crippen molar-refractivity contribution >= 4 is 11.7 Å². The van der Waals surface area contributed by atoms with E-state index in [9.17, 15) is 4.79 Å². The first-order chi connectivity index (χ1) is 7.94. The van der Waals surface area contributed by atoms with Crippen molar-refractivity contribution in [2.24, 2.45) is 10.9 Å². The summed E-state index contributed by atoms with van der Waals surface area (Å²) in [5, 5.41) is 14.3. The summed E-state index contributed by atoms with van der Waals surface area (Å²) in [5.41, 5.74) is 5.40. The molecule has 1 unspecified atom stereocenters. The molecule has 0 saturated carbocycles. The normalized spacial score (nSPS) is 15.4. The zero-order valence-corrected chi connectivity index (χ0v) is 10.2. The first-order valence-corrected chi connectivity index (χ1v) is 5.29. The highest BCUT2D eigenvalue weighted by molar-refractivity contribution is 5.99. The van der Waals surface area contributed by atoms with E-state index in [1.807, 2.05) is 6.92 Å². The fourth-order valence-corrected chi connectivity index (χ4v) is 1.36. The van der Waals surface area contributed by atoms with Gasteiger partial charge in [0.1, 0.15) is 0 Å². The molecule has 0 spiro atoms. The molecule has 0 aliphatic rings. The molecule has 94 valence electrons. The van der Waals surface area contributed by atoms with Crippen LogP contribution >= 0.6 is 0 Å². The predicted octanol–water partition coefficient (Wildman–Crippen LogP) is 1.23. The average Bonchev–Trinajstić information content (AvgIpc) is 2.74. The Labute approximate surface area is 99.5 Å². The van der Waals surface area contributed by atoms with Gasteiger partial charge in [-0.15, -0.1) is 0 Å². The quantitative estimate of drug-likeness (QED) is 0.318. The SMILES string of the molecule is CCC(C)(NC(=O)c1occc1C)/C(N)=N/O. The second-order valence-electron chi connectivity index (χ2n) is 4.06. The van der Waals surface area contributed by atoms with Crippen LogP contribution < -0.4 is 11.1 Å². The van der Waals surface area contributed by atoms with Crippen molar-refractivity contribution in [2.75, 3.05) is 0 Å². The van der Waals surface area contributed by atoms with Gasteiger partial charge < -0.3 is 20.7 Å². The van der Waals surface area contributed by atoms with Gasteiger partial charge in [0.2, 0.25) is 0 Å². The van der Waals surface area contributed by atoms with Crippen LogP contribution in [0.1, 0.15) is 36.4 Å². The molecular weight excluding hydrogens is 222 g/mol. The topological polar surface area (TPSA) is 101 Å². The molecule has 0 radical (unpaired) electrons. The summed E-state index contributed by atoms with van der Waals surface area (Å²) in [6, 6.07) is 1.70. The third kappa shape index (κ3) is 2.58. The van der Waals surface area contributed by atoms with E-state index in [1.54, 1.807) is 19.9 Å². The smallest absolute Gasteiger partial charge is 0.288 e. The lowest BCUT2D eigenvalue weighted by Crippen LogP contribution is -2.55. The van der Waals surface area contributed by atoms with Crippen LogP contribution in [0.25, 0.3) is 0 Å². The van der Waals surface area contributed by atoms with Crippen LogP contribution in [0, 0.1) is 6.92 Å². The van der Waals surface area contributed by atoms with Crippen LogP contribution in [0.5, 0.6) is 0 Å². The van der Waals surface area contributed by atoms with Crippen LogP contribution in [0.3, 0.4) is 0 Å². The Bertz CT molecular complexity index is 439. The van der Waals surface area contributed by atoms with Gasteiger partial charge in [-0.05, 0) is 26.3 Å². The molecular formula is C11H17N3O3. The van der Waals surface area contributed by atoms with E-state index in [4.69, 9.17) is 15.4 Å².